The van der Waals surface area contributed by atoms with Crippen molar-refractivity contribution >= 4 is 23.3 Å². The van der Waals surface area contributed by atoms with E-state index in [-0.39, 0.29) is 0 Å². The normalized spacial score (nSPS) is 11.2. The summed E-state index contributed by atoms with van der Waals surface area (Å²) in [6.07, 6.45) is 0.833. The molecule has 8 heteroatoms. The van der Waals surface area contributed by atoms with E-state index in [1.54, 1.807) is 30.5 Å². The van der Waals surface area contributed by atoms with E-state index in [1.165, 1.54) is 14.2 Å². The first-order valence-corrected chi connectivity index (χ1v) is 9.06. The summed E-state index contributed by atoms with van der Waals surface area (Å²) < 4.78 is 10.0. The molecule has 0 unspecified atom stereocenters. The van der Waals surface area contributed by atoms with E-state index in [2.05, 4.69) is 26.0 Å². The fraction of sp³-hybridized carbons (Fsp3) is 0.389. The lowest BCUT2D eigenvalue weighted by molar-refractivity contribution is 0.0597. The summed E-state index contributed by atoms with van der Waals surface area (Å²) in [6, 6.07) is 5.40. The Bertz CT molecular complexity index is 774. The number of aromatic nitrogens is 1. The number of aryl methyl sites for hydroxylation is 1. The van der Waals surface area contributed by atoms with Crippen LogP contribution in [0.3, 0.4) is 0 Å². The average Bonchev–Trinajstić information content (AvgIpc) is 3.08. The van der Waals surface area contributed by atoms with E-state index in [0.29, 0.717) is 23.8 Å². The Morgan fingerprint density at radius 2 is 2.12 bits per heavy atom. The number of rotatable bonds is 7. The maximum atomic E-state index is 11.9. The van der Waals surface area contributed by atoms with Crippen LogP contribution in [0, 0.1) is 6.92 Å². The van der Waals surface area contributed by atoms with Gasteiger partial charge in [0.1, 0.15) is 11.3 Å². The molecular formula is C18H24N4O3S. The molecule has 140 valence electrons. The molecule has 0 amide bonds. The van der Waals surface area contributed by atoms with Gasteiger partial charge in [-0.25, -0.2) is 9.78 Å². The molecule has 1 aromatic carbocycles. The third-order valence-electron chi connectivity index (χ3n) is 3.69. The molecule has 1 aromatic heterocycles. The molecule has 2 rings (SSSR count). The van der Waals surface area contributed by atoms with Crippen molar-refractivity contribution in [2.24, 2.45) is 4.99 Å². The van der Waals surface area contributed by atoms with Gasteiger partial charge in [-0.2, -0.15) is 0 Å². The van der Waals surface area contributed by atoms with Crippen LogP contribution in [-0.2, 0) is 17.7 Å². The number of esters is 1. The molecule has 1 heterocycles. The standard InChI is InChI=1S/C18H24N4O3S/c1-12-22-14(11-26-12)7-8-20-18(19-2)21-10-13-5-6-16(24-3)15(9-13)17(23)25-4/h5-6,9,11H,7-8,10H2,1-4H3,(H2,19,20,21). The van der Waals surface area contributed by atoms with Crippen LogP contribution in [0.4, 0.5) is 0 Å². The Hall–Kier alpha value is -2.61. The maximum Gasteiger partial charge on any atom is 0.341 e. The number of ether oxygens (including phenoxy) is 2. The van der Waals surface area contributed by atoms with Crippen molar-refractivity contribution in [3.8, 4) is 5.75 Å². The van der Waals surface area contributed by atoms with Crippen LogP contribution in [0.25, 0.3) is 0 Å². The highest BCUT2D eigenvalue weighted by molar-refractivity contribution is 7.09. The second-order valence-electron chi connectivity index (χ2n) is 5.49. The lowest BCUT2D eigenvalue weighted by atomic mass is 10.1. The van der Waals surface area contributed by atoms with Crippen LogP contribution < -0.4 is 15.4 Å². The number of aliphatic imine (C=N–C) groups is 1. The number of guanidine groups is 1. The molecule has 0 radical (unpaired) electrons. The van der Waals surface area contributed by atoms with Crippen molar-refractivity contribution in [2.45, 2.75) is 19.9 Å². The van der Waals surface area contributed by atoms with E-state index in [0.717, 1.165) is 29.2 Å². The highest BCUT2D eigenvalue weighted by atomic mass is 32.1. The van der Waals surface area contributed by atoms with Crippen molar-refractivity contribution in [3.63, 3.8) is 0 Å². The number of nitrogens with one attached hydrogen (secondary N) is 2. The summed E-state index contributed by atoms with van der Waals surface area (Å²) in [4.78, 5) is 20.5. The van der Waals surface area contributed by atoms with Gasteiger partial charge < -0.3 is 20.1 Å². The fourth-order valence-electron chi connectivity index (χ4n) is 2.37. The highest BCUT2D eigenvalue weighted by Gasteiger charge is 2.13. The number of thiazole rings is 1. The minimum Gasteiger partial charge on any atom is -0.496 e. The van der Waals surface area contributed by atoms with Crippen LogP contribution in [0.1, 0.15) is 26.6 Å². The van der Waals surface area contributed by atoms with Gasteiger partial charge in [0.25, 0.3) is 0 Å². The molecule has 0 fully saturated rings. The van der Waals surface area contributed by atoms with Crippen LogP contribution in [0.15, 0.2) is 28.6 Å². The summed E-state index contributed by atoms with van der Waals surface area (Å²) in [7, 11) is 4.59. The van der Waals surface area contributed by atoms with E-state index < -0.39 is 5.97 Å². The van der Waals surface area contributed by atoms with E-state index in [9.17, 15) is 4.79 Å². The topological polar surface area (TPSA) is 84.8 Å². The van der Waals surface area contributed by atoms with Gasteiger partial charge in [-0.1, -0.05) is 6.07 Å². The van der Waals surface area contributed by atoms with Gasteiger partial charge in [0.2, 0.25) is 0 Å². The highest BCUT2D eigenvalue weighted by Crippen LogP contribution is 2.20. The summed E-state index contributed by atoms with van der Waals surface area (Å²) >= 11 is 1.65. The van der Waals surface area contributed by atoms with Crippen molar-refractivity contribution in [1.82, 2.24) is 15.6 Å². The monoisotopic (exact) mass is 376 g/mol. The van der Waals surface area contributed by atoms with Crippen LogP contribution >= 0.6 is 11.3 Å². The van der Waals surface area contributed by atoms with Crippen molar-refractivity contribution < 1.29 is 14.3 Å². The number of methoxy groups -OCH3 is 2. The Labute approximate surface area is 157 Å². The van der Waals surface area contributed by atoms with Gasteiger partial charge in [0, 0.05) is 31.9 Å². The largest absolute Gasteiger partial charge is 0.496 e. The third kappa shape index (κ3) is 5.45. The summed E-state index contributed by atoms with van der Waals surface area (Å²) in [5, 5.41) is 9.62. The minimum absolute atomic E-state index is 0.399. The molecule has 0 aliphatic rings. The zero-order valence-electron chi connectivity index (χ0n) is 15.5. The Kier molecular flexibility index (Phi) is 7.40. The molecule has 0 bridgehead atoms. The van der Waals surface area contributed by atoms with Crippen LogP contribution in [-0.4, -0.2) is 44.7 Å². The summed E-state index contributed by atoms with van der Waals surface area (Å²) in [5.41, 5.74) is 2.40. The Morgan fingerprint density at radius 1 is 1.31 bits per heavy atom. The fourth-order valence-corrected chi connectivity index (χ4v) is 3.02. The predicted octanol–water partition coefficient (Wildman–Crippen LogP) is 2.15. The van der Waals surface area contributed by atoms with Crippen molar-refractivity contribution in [3.05, 3.63) is 45.4 Å². The van der Waals surface area contributed by atoms with Crippen LogP contribution in [0.2, 0.25) is 0 Å². The van der Waals surface area contributed by atoms with Gasteiger partial charge in [-0.15, -0.1) is 11.3 Å². The minimum atomic E-state index is -0.426. The molecule has 7 nitrogen and oxygen atoms in total. The van der Waals surface area contributed by atoms with Crippen molar-refractivity contribution in [1.29, 1.82) is 0 Å². The average molecular weight is 376 g/mol. The van der Waals surface area contributed by atoms with Gasteiger partial charge in [0.05, 0.1) is 24.9 Å². The van der Waals surface area contributed by atoms with E-state index in [4.69, 9.17) is 9.47 Å². The van der Waals surface area contributed by atoms with Crippen molar-refractivity contribution in [2.75, 3.05) is 27.8 Å². The van der Waals surface area contributed by atoms with Gasteiger partial charge >= 0.3 is 5.97 Å². The lowest BCUT2D eigenvalue weighted by Gasteiger charge is -2.13. The third-order valence-corrected chi connectivity index (χ3v) is 4.52. The number of nitrogens with zero attached hydrogens (tertiary/aromatic N) is 2. The van der Waals surface area contributed by atoms with Gasteiger partial charge in [-0.3, -0.25) is 4.99 Å². The molecule has 0 atom stereocenters. The molecule has 0 saturated heterocycles. The molecule has 0 aliphatic heterocycles. The number of carbonyl (C=O) groups is 1. The molecule has 0 spiro atoms. The van der Waals surface area contributed by atoms with Gasteiger partial charge in [0.15, 0.2) is 5.96 Å². The predicted molar refractivity (Wildman–Crippen MR) is 103 cm³/mol. The zero-order chi connectivity index (χ0) is 18.9. The Morgan fingerprint density at radius 3 is 2.73 bits per heavy atom. The quantitative estimate of drug-likeness (QED) is 0.438. The SMILES string of the molecule is CN=C(NCCc1csc(C)n1)NCc1ccc(OC)c(C(=O)OC)c1. The number of benzene rings is 1. The van der Waals surface area contributed by atoms with E-state index in [1.807, 2.05) is 13.0 Å². The smallest absolute Gasteiger partial charge is 0.341 e. The first kappa shape index (κ1) is 19.7. The number of hydrogen-bond donors (Lipinski definition) is 2. The first-order valence-electron chi connectivity index (χ1n) is 8.18. The second-order valence-corrected chi connectivity index (χ2v) is 6.55. The maximum absolute atomic E-state index is 11.9. The zero-order valence-corrected chi connectivity index (χ0v) is 16.3. The van der Waals surface area contributed by atoms with Gasteiger partial charge in [-0.05, 0) is 24.6 Å². The summed E-state index contributed by atoms with van der Waals surface area (Å²) in [6.45, 7) is 3.25. The first-order chi connectivity index (χ1) is 12.6. The number of carbonyl (C=O) groups excluding carboxylic acids is 1. The Balaban J connectivity index is 1.90. The number of hydrogen-bond acceptors (Lipinski definition) is 6. The summed E-state index contributed by atoms with van der Waals surface area (Å²) in [5.74, 6) is 0.749. The second kappa shape index (κ2) is 9.76. The van der Waals surface area contributed by atoms with E-state index >= 15 is 0 Å². The molecule has 2 aromatic rings. The molecule has 2 N–H and O–H groups in total. The molecule has 0 aliphatic carbocycles. The molecule has 0 saturated carbocycles. The van der Waals surface area contributed by atoms with Crippen LogP contribution in [0.5, 0.6) is 5.75 Å². The molecular weight excluding hydrogens is 352 g/mol. The lowest BCUT2D eigenvalue weighted by Crippen LogP contribution is -2.37. The molecule has 26 heavy (non-hydrogen) atoms.